The molecule has 1 aliphatic carbocycles. The Labute approximate surface area is 59.7 Å². The average Bonchev–Trinajstić information content (AvgIpc) is 2.45. The van der Waals surface area contributed by atoms with E-state index in [1.54, 1.807) is 0 Å². The van der Waals surface area contributed by atoms with E-state index in [2.05, 4.69) is 20.8 Å². The van der Waals surface area contributed by atoms with Gasteiger partial charge in [0.25, 0.3) is 0 Å². The molecular formula is C9H20. The van der Waals surface area contributed by atoms with Crippen LogP contribution in [0.3, 0.4) is 0 Å². The summed E-state index contributed by atoms with van der Waals surface area (Å²) in [7, 11) is 0. The van der Waals surface area contributed by atoms with Crippen LogP contribution in [0, 0.1) is 11.3 Å². The molecule has 0 aromatic carbocycles. The van der Waals surface area contributed by atoms with Crippen molar-refractivity contribution in [1.82, 2.24) is 0 Å². The zero-order valence-electron chi connectivity index (χ0n) is 7.49. The summed E-state index contributed by atoms with van der Waals surface area (Å²) in [5, 5.41) is 0. The molecule has 1 aliphatic rings. The molecule has 0 spiro atoms. The minimum absolute atomic E-state index is 0.717. The first-order chi connectivity index (χ1) is 4.17. The van der Waals surface area contributed by atoms with Gasteiger partial charge in [0.15, 0.2) is 0 Å². The highest BCUT2D eigenvalue weighted by molar-refractivity contribution is 4.93. The highest BCUT2D eigenvalue weighted by atomic mass is 14.5. The molecule has 0 aromatic rings. The highest BCUT2D eigenvalue weighted by Gasteiger charge is 2.43. The fourth-order valence-electron chi connectivity index (χ4n) is 1.27. The summed E-state index contributed by atoms with van der Waals surface area (Å²) in [6.07, 6.45) is 2.84. The summed E-state index contributed by atoms with van der Waals surface area (Å²) in [5.41, 5.74) is 0.717. The first-order valence-electron chi connectivity index (χ1n) is 4.17. The topological polar surface area (TPSA) is 0 Å². The van der Waals surface area contributed by atoms with Crippen LogP contribution in [0.4, 0.5) is 0 Å². The molecule has 0 saturated heterocycles. The van der Waals surface area contributed by atoms with Gasteiger partial charge in [0, 0.05) is 0 Å². The van der Waals surface area contributed by atoms with Crippen LogP contribution in [0.25, 0.3) is 0 Å². The Balaban J connectivity index is 0.000000291. The van der Waals surface area contributed by atoms with Gasteiger partial charge in [-0.3, -0.25) is 0 Å². The van der Waals surface area contributed by atoms with Crippen molar-refractivity contribution in [3.63, 3.8) is 0 Å². The predicted octanol–water partition coefficient (Wildman–Crippen LogP) is 3.47. The molecule has 1 unspecified atom stereocenters. The fourth-order valence-corrected chi connectivity index (χ4v) is 1.27. The molecule has 1 saturated carbocycles. The molecule has 0 N–H and O–H groups in total. The van der Waals surface area contributed by atoms with Crippen LogP contribution in [-0.4, -0.2) is 0 Å². The van der Waals surface area contributed by atoms with Gasteiger partial charge < -0.3 is 0 Å². The predicted molar refractivity (Wildman–Crippen MR) is 43.5 cm³/mol. The average molecular weight is 128 g/mol. The molecule has 0 aliphatic heterocycles. The zero-order valence-corrected chi connectivity index (χ0v) is 7.49. The second kappa shape index (κ2) is 3.24. The Morgan fingerprint density at radius 2 is 1.67 bits per heavy atom. The minimum atomic E-state index is 0.717. The van der Waals surface area contributed by atoms with E-state index < -0.39 is 0 Å². The van der Waals surface area contributed by atoms with Crippen molar-refractivity contribution in [2.45, 2.75) is 47.5 Å². The van der Waals surface area contributed by atoms with Crippen molar-refractivity contribution in [1.29, 1.82) is 0 Å². The molecular weight excluding hydrogens is 108 g/mol. The second-order valence-corrected chi connectivity index (χ2v) is 3.30. The quantitative estimate of drug-likeness (QED) is 0.507. The maximum Gasteiger partial charge on any atom is -0.0323 e. The van der Waals surface area contributed by atoms with E-state index in [4.69, 9.17) is 0 Å². The smallest absolute Gasteiger partial charge is 0.0323 e. The third kappa shape index (κ3) is 2.38. The van der Waals surface area contributed by atoms with E-state index >= 15 is 0 Å². The lowest BCUT2D eigenvalue weighted by molar-refractivity contribution is 0.549. The van der Waals surface area contributed by atoms with Gasteiger partial charge in [-0.2, -0.15) is 0 Å². The van der Waals surface area contributed by atoms with E-state index in [9.17, 15) is 0 Å². The van der Waals surface area contributed by atoms with Gasteiger partial charge >= 0.3 is 0 Å². The molecule has 1 fully saturated rings. The van der Waals surface area contributed by atoms with Crippen LogP contribution in [0.15, 0.2) is 0 Å². The molecule has 9 heavy (non-hydrogen) atoms. The van der Waals surface area contributed by atoms with Crippen LogP contribution >= 0.6 is 0 Å². The van der Waals surface area contributed by atoms with Gasteiger partial charge in [0.2, 0.25) is 0 Å². The molecule has 0 amide bonds. The number of hydrogen-bond donors (Lipinski definition) is 0. The van der Waals surface area contributed by atoms with Crippen molar-refractivity contribution in [3.8, 4) is 0 Å². The molecule has 56 valence electrons. The summed E-state index contributed by atoms with van der Waals surface area (Å²) in [5.74, 6) is 1.05. The third-order valence-electron chi connectivity index (χ3n) is 2.21. The van der Waals surface area contributed by atoms with Crippen molar-refractivity contribution >= 4 is 0 Å². The first-order valence-corrected chi connectivity index (χ1v) is 4.17. The van der Waals surface area contributed by atoms with Gasteiger partial charge in [-0.25, -0.2) is 0 Å². The van der Waals surface area contributed by atoms with E-state index in [0.29, 0.717) is 0 Å². The van der Waals surface area contributed by atoms with Crippen molar-refractivity contribution in [2.75, 3.05) is 0 Å². The van der Waals surface area contributed by atoms with Crippen molar-refractivity contribution < 1.29 is 0 Å². The van der Waals surface area contributed by atoms with Crippen LogP contribution < -0.4 is 0 Å². The van der Waals surface area contributed by atoms with Gasteiger partial charge in [-0.1, -0.05) is 41.0 Å². The Kier molecular flexibility index (Phi) is 3.24. The first kappa shape index (κ1) is 9.00. The van der Waals surface area contributed by atoms with E-state index in [1.165, 1.54) is 12.8 Å². The third-order valence-corrected chi connectivity index (χ3v) is 2.21. The van der Waals surface area contributed by atoms with E-state index in [0.717, 1.165) is 11.3 Å². The minimum Gasteiger partial charge on any atom is -0.0683 e. The Morgan fingerprint density at radius 3 is 1.67 bits per heavy atom. The monoisotopic (exact) mass is 128 g/mol. The van der Waals surface area contributed by atoms with Gasteiger partial charge in [-0.15, -0.1) is 0 Å². The summed E-state index contributed by atoms with van der Waals surface area (Å²) in [4.78, 5) is 0. The molecule has 0 nitrogen and oxygen atoms in total. The second-order valence-electron chi connectivity index (χ2n) is 3.30. The van der Waals surface area contributed by atoms with Crippen LogP contribution in [0.2, 0.25) is 0 Å². The van der Waals surface area contributed by atoms with Gasteiger partial charge in [0.1, 0.15) is 0 Å². The zero-order chi connectivity index (χ0) is 7.49. The largest absolute Gasteiger partial charge is 0.0683 e. The standard InChI is InChI=1S/C7H14.C2H6/c1-4-6-5-7(6,2)3;1-2/h6H,4-5H2,1-3H3;1-2H3. The summed E-state index contributed by atoms with van der Waals surface area (Å²) in [6, 6.07) is 0. The number of rotatable bonds is 1. The Morgan fingerprint density at radius 1 is 1.33 bits per heavy atom. The molecule has 1 rings (SSSR count). The molecule has 0 heterocycles. The SMILES string of the molecule is CC.CCC1CC1(C)C. The van der Waals surface area contributed by atoms with Gasteiger partial charge in [0.05, 0.1) is 0 Å². The lowest BCUT2D eigenvalue weighted by atomic mass is 10.1. The van der Waals surface area contributed by atoms with Crippen molar-refractivity contribution in [2.24, 2.45) is 11.3 Å². The lowest BCUT2D eigenvalue weighted by Crippen LogP contribution is -1.86. The Bertz CT molecular complexity index is 72.1. The van der Waals surface area contributed by atoms with E-state index in [1.807, 2.05) is 13.8 Å². The highest BCUT2D eigenvalue weighted by Crippen LogP contribution is 2.53. The van der Waals surface area contributed by atoms with Crippen LogP contribution in [0.5, 0.6) is 0 Å². The maximum absolute atomic E-state index is 2.35. The van der Waals surface area contributed by atoms with Crippen LogP contribution in [-0.2, 0) is 0 Å². The maximum atomic E-state index is 2.35. The Hall–Kier alpha value is 0. The molecule has 0 aromatic heterocycles. The molecule has 0 heteroatoms. The summed E-state index contributed by atoms with van der Waals surface area (Å²) < 4.78 is 0. The number of hydrogen-bond acceptors (Lipinski definition) is 0. The summed E-state index contributed by atoms with van der Waals surface area (Å²) in [6.45, 7) is 11.0. The fraction of sp³-hybridized carbons (Fsp3) is 1.00. The van der Waals surface area contributed by atoms with Gasteiger partial charge in [-0.05, 0) is 17.8 Å². The summed E-state index contributed by atoms with van der Waals surface area (Å²) >= 11 is 0. The molecule has 0 radical (unpaired) electrons. The molecule has 1 atom stereocenters. The van der Waals surface area contributed by atoms with Crippen LogP contribution in [0.1, 0.15) is 47.5 Å². The van der Waals surface area contributed by atoms with Crippen molar-refractivity contribution in [3.05, 3.63) is 0 Å². The normalized spacial score (nSPS) is 28.3. The lowest BCUT2D eigenvalue weighted by Gasteiger charge is -1.95. The molecule has 0 bridgehead atoms. The van der Waals surface area contributed by atoms with E-state index in [-0.39, 0.29) is 0 Å².